The summed E-state index contributed by atoms with van der Waals surface area (Å²) >= 11 is 0. The van der Waals surface area contributed by atoms with Crippen molar-refractivity contribution in [1.82, 2.24) is 9.78 Å². The number of aromatic nitrogens is 2. The summed E-state index contributed by atoms with van der Waals surface area (Å²) in [5.41, 5.74) is 7.53. The zero-order valence-electron chi connectivity index (χ0n) is 23.1. The minimum atomic E-state index is -0.455. The van der Waals surface area contributed by atoms with Gasteiger partial charge in [-0.05, 0) is 67.4 Å². The first kappa shape index (κ1) is 26.5. The minimum absolute atomic E-state index is 0.222. The molecule has 5 aromatic rings. The van der Waals surface area contributed by atoms with Gasteiger partial charge in [-0.15, -0.1) is 0 Å². The van der Waals surface area contributed by atoms with Gasteiger partial charge in [-0.2, -0.15) is 9.78 Å². The Hall–Kier alpha value is -5.11. The van der Waals surface area contributed by atoms with E-state index >= 15 is 0 Å². The van der Waals surface area contributed by atoms with Crippen LogP contribution in [0.4, 0.5) is 11.4 Å². The Morgan fingerprint density at radius 1 is 0.925 bits per heavy atom. The van der Waals surface area contributed by atoms with Crippen LogP contribution in [0.5, 0.6) is 5.88 Å². The van der Waals surface area contributed by atoms with Gasteiger partial charge in [0, 0.05) is 38.0 Å². The molecule has 1 N–H and O–H groups in total. The fourth-order valence-electron chi connectivity index (χ4n) is 4.54. The van der Waals surface area contributed by atoms with Gasteiger partial charge in [-0.1, -0.05) is 42.0 Å². The Morgan fingerprint density at radius 3 is 2.23 bits per heavy atom. The summed E-state index contributed by atoms with van der Waals surface area (Å²) in [7, 11) is 3.97. The van der Waals surface area contributed by atoms with Gasteiger partial charge in [0.1, 0.15) is 5.69 Å². The average molecular weight is 535 g/mol. The van der Waals surface area contributed by atoms with E-state index in [2.05, 4.69) is 11.4 Å². The van der Waals surface area contributed by atoms with E-state index < -0.39 is 5.97 Å². The number of carbonyl (C=O) groups is 2. The maximum atomic E-state index is 12.5. The molecule has 0 bridgehead atoms. The third kappa shape index (κ3) is 5.37. The summed E-state index contributed by atoms with van der Waals surface area (Å²) in [4.78, 5) is 26.8. The van der Waals surface area contributed by atoms with Gasteiger partial charge in [-0.25, -0.2) is 0 Å². The Labute approximate surface area is 232 Å². The minimum Gasteiger partial charge on any atom is -0.459 e. The monoisotopic (exact) mass is 534 g/mol. The lowest BCUT2D eigenvalue weighted by molar-refractivity contribution is -0.132. The molecule has 0 saturated carbocycles. The molecular formula is C32H30N4O4. The van der Waals surface area contributed by atoms with Crippen molar-refractivity contribution in [2.75, 3.05) is 24.3 Å². The van der Waals surface area contributed by atoms with Crippen molar-refractivity contribution in [2.45, 2.75) is 20.8 Å². The number of hydrogen-bond donors (Lipinski definition) is 1. The normalized spacial score (nSPS) is 10.8. The summed E-state index contributed by atoms with van der Waals surface area (Å²) in [5, 5.41) is 7.83. The zero-order valence-corrected chi connectivity index (χ0v) is 23.1. The number of esters is 1. The molecule has 0 spiro atoms. The van der Waals surface area contributed by atoms with Crippen LogP contribution in [0.3, 0.4) is 0 Å². The van der Waals surface area contributed by atoms with Gasteiger partial charge >= 0.3 is 5.97 Å². The van der Waals surface area contributed by atoms with Crippen LogP contribution < -0.4 is 15.0 Å². The second-order valence-corrected chi connectivity index (χ2v) is 9.77. The molecule has 2 heterocycles. The number of nitrogens with zero attached hydrogens (tertiary/aromatic N) is 3. The first-order valence-corrected chi connectivity index (χ1v) is 12.8. The van der Waals surface area contributed by atoms with Crippen molar-refractivity contribution in [3.05, 3.63) is 102 Å². The lowest BCUT2D eigenvalue weighted by atomic mass is 10.0. The zero-order chi connectivity index (χ0) is 28.4. The van der Waals surface area contributed by atoms with E-state index in [-0.39, 0.29) is 11.7 Å². The van der Waals surface area contributed by atoms with Crippen molar-refractivity contribution >= 4 is 23.3 Å². The van der Waals surface area contributed by atoms with Crippen molar-refractivity contribution in [1.29, 1.82) is 0 Å². The summed E-state index contributed by atoms with van der Waals surface area (Å²) in [5.74, 6) is -0.260. The van der Waals surface area contributed by atoms with Crippen LogP contribution >= 0.6 is 0 Å². The maximum Gasteiger partial charge on any atom is 0.309 e. The summed E-state index contributed by atoms with van der Waals surface area (Å²) < 4.78 is 12.7. The lowest BCUT2D eigenvalue weighted by Crippen LogP contribution is -2.10. The number of ether oxygens (including phenoxy) is 1. The number of furan rings is 1. The van der Waals surface area contributed by atoms with E-state index in [4.69, 9.17) is 14.3 Å². The third-order valence-corrected chi connectivity index (χ3v) is 6.50. The molecule has 0 unspecified atom stereocenters. The molecule has 0 aliphatic carbocycles. The number of rotatable bonds is 7. The second-order valence-electron chi connectivity index (χ2n) is 9.77. The van der Waals surface area contributed by atoms with Crippen molar-refractivity contribution in [3.8, 4) is 34.0 Å². The Morgan fingerprint density at radius 2 is 1.62 bits per heavy atom. The highest BCUT2D eigenvalue weighted by atomic mass is 16.5. The second kappa shape index (κ2) is 10.9. The van der Waals surface area contributed by atoms with Crippen LogP contribution in [-0.4, -0.2) is 35.8 Å². The van der Waals surface area contributed by atoms with Gasteiger partial charge in [0.2, 0.25) is 5.88 Å². The quantitative estimate of drug-likeness (QED) is 0.235. The number of nitrogens with one attached hydrogen (secondary N) is 1. The molecule has 202 valence electrons. The molecule has 40 heavy (non-hydrogen) atoms. The summed E-state index contributed by atoms with van der Waals surface area (Å²) in [6.45, 7) is 5.41. The molecule has 0 saturated heterocycles. The van der Waals surface area contributed by atoms with E-state index in [1.54, 1.807) is 28.9 Å². The van der Waals surface area contributed by atoms with Gasteiger partial charge in [0.05, 0.1) is 17.5 Å². The molecule has 0 atom stereocenters. The van der Waals surface area contributed by atoms with Gasteiger partial charge < -0.3 is 19.4 Å². The number of amides is 1. The van der Waals surface area contributed by atoms with E-state index in [0.29, 0.717) is 22.8 Å². The van der Waals surface area contributed by atoms with E-state index in [1.807, 2.05) is 81.4 Å². The first-order valence-electron chi connectivity index (χ1n) is 12.8. The maximum absolute atomic E-state index is 12.5. The SMILES string of the molecule is CC(=O)Oc1c(-c2ccc(NC(=O)c3ccco3)cc2)c(-c2ccc(N(C)C)cc2)nn1-c1ccc(C)cc1C. The molecule has 5 rings (SSSR count). The molecule has 1 amide bonds. The van der Waals surface area contributed by atoms with Crippen LogP contribution in [0.2, 0.25) is 0 Å². The highest BCUT2D eigenvalue weighted by Crippen LogP contribution is 2.42. The van der Waals surface area contributed by atoms with Gasteiger partial charge in [0.25, 0.3) is 5.91 Å². The van der Waals surface area contributed by atoms with E-state index in [0.717, 1.165) is 33.6 Å². The Kier molecular flexibility index (Phi) is 7.25. The smallest absolute Gasteiger partial charge is 0.309 e. The fraction of sp³-hybridized carbons (Fsp3) is 0.156. The Balaban J connectivity index is 1.66. The molecular weight excluding hydrogens is 504 g/mol. The van der Waals surface area contributed by atoms with Crippen molar-refractivity contribution < 1.29 is 18.7 Å². The molecule has 0 aliphatic rings. The highest BCUT2D eigenvalue weighted by molar-refractivity contribution is 6.02. The van der Waals surface area contributed by atoms with Gasteiger partial charge in [0.15, 0.2) is 5.76 Å². The first-order chi connectivity index (χ1) is 19.2. The summed E-state index contributed by atoms with van der Waals surface area (Å²) in [6.07, 6.45) is 1.45. The molecule has 8 heteroatoms. The summed E-state index contributed by atoms with van der Waals surface area (Å²) in [6, 6.07) is 24.7. The fourth-order valence-corrected chi connectivity index (χ4v) is 4.54. The molecule has 0 fully saturated rings. The molecule has 3 aromatic carbocycles. The number of carbonyl (C=O) groups excluding carboxylic acids is 2. The van der Waals surface area contributed by atoms with Crippen molar-refractivity contribution in [2.24, 2.45) is 0 Å². The largest absolute Gasteiger partial charge is 0.459 e. The van der Waals surface area contributed by atoms with Crippen LogP contribution in [0.1, 0.15) is 28.6 Å². The van der Waals surface area contributed by atoms with E-state index in [1.165, 1.54) is 13.2 Å². The van der Waals surface area contributed by atoms with E-state index in [9.17, 15) is 9.59 Å². The number of benzene rings is 3. The standard InChI is InChI=1S/C32H30N4O4/c1-20-8-17-27(21(2)19-20)36-32(40-22(3)37)29(30(34-36)24-11-15-26(16-12-24)35(4)5)23-9-13-25(14-10-23)33-31(38)28-7-6-18-39-28/h6-19H,1-5H3,(H,33,38). The number of hydrogen-bond acceptors (Lipinski definition) is 6. The van der Waals surface area contributed by atoms with Crippen LogP contribution in [-0.2, 0) is 4.79 Å². The highest BCUT2D eigenvalue weighted by Gasteiger charge is 2.25. The number of aryl methyl sites for hydroxylation is 2. The number of anilines is 2. The third-order valence-electron chi connectivity index (χ3n) is 6.50. The average Bonchev–Trinajstić information content (AvgIpc) is 3.58. The predicted octanol–water partition coefficient (Wildman–Crippen LogP) is 6.66. The van der Waals surface area contributed by atoms with Crippen molar-refractivity contribution in [3.63, 3.8) is 0 Å². The lowest BCUT2D eigenvalue weighted by Gasteiger charge is -2.13. The van der Waals surface area contributed by atoms with Crippen LogP contribution in [0.25, 0.3) is 28.1 Å². The molecule has 0 aliphatic heterocycles. The molecule has 8 nitrogen and oxygen atoms in total. The van der Waals surface area contributed by atoms with Crippen LogP contribution in [0, 0.1) is 13.8 Å². The predicted molar refractivity (Wildman–Crippen MR) is 156 cm³/mol. The topological polar surface area (TPSA) is 89.6 Å². The molecule has 2 aromatic heterocycles. The van der Waals surface area contributed by atoms with Crippen LogP contribution in [0.15, 0.2) is 89.5 Å². The van der Waals surface area contributed by atoms with Gasteiger partial charge in [-0.3, -0.25) is 9.59 Å². The Bertz CT molecular complexity index is 1670. The molecule has 0 radical (unpaired) electrons.